The molecule has 2 amide bonds. The van der Waals surface area contributed by atoms with Crippen LogP contribution in [0.25, 0.3) is 0 Å². The summed E-state index contributed by atoms with van der Waals surface area (Å²) < 4.78 is 1.98. The molecule has 6 heteroatoms. The number of amides is 2. The van der Waals surface area contributed by atoms with Crippen LogP contribution in [0.15, 0.2) is 12.4 Å². The van der Waals surface area contributed by atoms with E-state index in [2.05, 4.69) is 10.3 Å². The summed E-state index contributed by atoms with van der Waals surface area (Å²) >= 11 is 0. The molecule has 1 aromatic heterocycles. The number of urea groups is 1. The first-order chi connectivity index (χ1) is 7.31. The van der Waals surface area contributed by atoms with Gasteiger partial charge in [-0.25, -0.2) is 9.78 Å². The number of hydrogen-bond acceptors (Lipinski definition) is 3. The molecule has 0 atom stereocenters. The van der Waals surface area contributed by atoms with Gasteiger partial charge < -0.3 is 20.5 Å². The van der Waals surface area contributed by atoms with Gasteiger partial charge in [-0.05, 0) is 0 Å². The van der Waals surface area contributed by atoms with Gasteiger partial charge in [0.05, 0.1) is 6.54 Å². The van der Waals surface area contributed by atoms with Crippen LogP contribution in [0.3, 0.4) is 0 Å². The van der Waals surface area contributed by atoms with Crippen molar-refractivity contribution in [1.82, 2.24) is 19.8 Å². The van der Waals surface area contributed by atoms with Crippen LogP contribution in [0.1, 0.15) is 5.82 Å². The van der Waals surface area contributed by atoms with E-state index in [1.807, 2.05) is 10.8 Å². The predicted molar refractivity (Wildman–Crippen MR) is 55.1 cm³/mol. The van der Waals surface area contributed by atoms with Crippen molar-refractivity contribution in [3.05, 3.63) is 18.2 Å². The Kier molecular flexibility index (Phi) is 2.86. The van der Waals surface area contributed by atoms with Gasteiger partial charge in [-0.15, -0.1) is 0 Å². The second-order valence-corrected chi connectivity index (χ2v) is 3.46. The third kappa shape index (κ3) is 2.10. The van der Waals surface area contributed by atoms with Crippen molar-refractivity contribution < 1.29 is 4.79 Å². The first-order valence-electron chi connectivity index (χ1n) is 5.04. The third-order valence-corrected chi connectivity index (χ3v) is 2.54. The van der Waals surface area contributed by atoms with Crippen molar-refractivity contribution in [3.63, 3.8) is 0 Å². The van der Waals surface area contributed by atoms with Crippen molar-refractivity contribution in [2.24, 2.45) is 5.73 Å². The van der Waals surface area contributed by atoms with Gasteiger partial charge in [0.15, 0.2) is 0 Å². The summed E-state index contributed by atoms with van der Waals surface area (Å²) in [7, 11) is 0. The lowest BCUT2D eigenvalue weighted by molar-refractivity contribution is 0.215. The minimum Gasteiger partial charge on any atom is -0.336 e. The molecular weight excluding hydrogens is 194 g/mol. The number of hydrogen-bond donors (Lipinski definition) is 2. The van der Waals surface area contributed by atoms with Gasteiger partial charge in [0.25, 0.3) is 0 Å². The molecule has 1 aliphatic heterocycles. The second-order valence-electron chi connectivity index (χ2n) is 3.46. The average molecular weight is 209 g/mol. The molecule has 0 saturated carbocycles. The summed E-state index contributed by atoms with van der Waals surface area (Å²) in [6.45, 7) is 3.41. The Morgan fingerprint density at radius 1 is 1.53 bits per heavy atom. The van der Waals surface area contributed by atoms with E-state index in [0.29, 0.717) is 13.1 Å². The quantitative estimate of drug-likeness (QED) is 0.693. The topological polar surface area (TPSA) is 76.2 Å². The Morgan fingerprint density at radius 3 is 3.07 bits per heavy atom. The highest BCUT2D eigenvalue weighted by molar-refractivity contribution is 5.76. The number of rotatable bonds is 4. The lowest BCUT2D eigenvalue weighted by Gasteiger charge is -2.15. The lowest BCUT2D eigenvalue weighted by atomic mass is 10.5. The molecule has 15 heavy (non-hydrogen) atoms. The van der Waals surface area contributed by atoms with Crippen LogP contribution in [0.4, 0.5) is 4.79 Å². The minimum atomic E-state index is 0.0180. The van der Waals surface area contributed by atoms with Gasteiger partial charge in [-0.3, -0.25) is 0 Å². The molecule has 2 rings (SSSR count). The summed E-state index contributed by atoms with van der Waals surface area (Å²) in [5, 5.41) is 2.77. The van der Waals surface area contributed by atoms with Crippen LogP contribution in [-0.2, 0) is 13.1 Å². The fourth-order valence-electron chi connectivity index (χ4n) is 1.69. The minimum absolute atomic E-state index is 0.0180. The summed E-state index contributed by atoms with van der Waals surface area (Å²) in [5.41, 5.74) is 5.53. The highest BCUT2D eigenvalue weighted by Gasteiger charge is 2.18. The maximum absolute atomic E-state index is 11.3. The molecule has 1 aromatic rings. The summed E-state index contributed by atoms with van der Waals surface area (Å²) in [5.74, 6) is 0.856. The van der Waals surface area contributed by atoms with E-state index in [1.54, 1.807) is 11.1 Å². The molecule has 82 valence electrons. The summed E-state index contributed by atoms with van der Waals surface area (Å²) in [6.07, 6.45) is 3.61. The van der Waals surface area contributed by atoms with Gasteiger partial charge in [0.2, 0.25) is 0 Å². The van der Waals surface area contributed by atoms with Gasteiger partial charge in [0, 0.05) is 38.6 Å². The molecular formula is C9H15N5O. The van der Waals surface area contributed by atoms with E-state index in [9.17, 15) is 4.79 Å². The Labute approximate surface area is 88.1 Å². The first kappa shape index (κ1) is 9.97. The van der Waals surface area contributed by atoms with Crippen LogP contribution in [-0.4, -0.2) is 40.1 Å². The molecule has 0 aromatic carbocycles. The van der Waals surface area contributed by atoms with Crippen molar-refractivity contribution >= 4 is 6.03 Å². The van der Waals surface area contributed by atoms with Crippen LogP contribution in [0.5, 0.6) is 0 Å². The van der Waals surface area contributed by atoms with Gasteiger partial charge in [0.1, 0.15) is 5.82 Å². The SMILES string of the molecule is NCc1nccn1CCN1CCNC1=O. The molecule has 0 aliphatic carbocycles. The zero-order valence-corrected chi connectivity index (χ0v) is 8.52. The molecule has 1 fully saturated rings. The highest BCUT2D eigenvalue weighted by Crippen LogP contribution is 2.00. The Hall–Kier alpha value is -1.56. The number of nitrogens with two attached hydrogens (primary N) is 1. The zero-order valence-electron chi connectivity index (χ0n) is 8.52. The first-order valence-corrected chi connectivity index (χ1v) is 5.04. The molecule has 6 nitrogen and oxygen atoms in total. The number of nitrogens with one attached hydrogen (secondary N) is 1. The van der Waals surface area contributed by atoms with E-state index in [0.717, 1.165) is 25.5 Å². The van der Waals surface area contributed by atoms with Crippen molar-refractivity contribution in [3.8, 4) is 0 Å². The lowest BCUT2D eigenvalue weighted by Crippen LogP contribution is -2.31. The number of carbonyl (C=O) groups is 1. The predicted octanol–water partition coefficient (Wildman–Crippen LogP) is -0.633. The number of carbonyl (C=O) groups excluding carboxylic acids is 1. The number of imidazole rings is 1. The molecule has 1 aliphatic rings. The van der Waals surface area contributed by atoms with Crippen molar-refractivity contribution in [2.75, 3.05) is 19.6 Å². The zero-order chi connectivity index (χ0) is 10.7. The average Bonchev–Trinajstić information content (AvgIpc) is 2.83. The molecule has 0 spiro atoms. The van der Waals surface area contributed by atoms with Crippen LogP contribution < -0.4 is 11.1 Å². The van der Waals surface area contributed by atoms with E-state index >= 15 is 0 Å². The van der Waals surface area contributed by atoms with Crippen LogP contribution >= 0.6 is 0 Å². The third-order valence-electron chi connectivity index (χ3n) is 2.54. The summed E-state index contributed by atoms with van der Waals surface area (Å²) in [4.78, 5) is 17.2. The van der Waals surface area contributed by atoms with Crippen LogP contribution in [0.2, 0.25) is 0 Å². The van der Waals surface area contributed by atoms with Crippen LogP contribution in [0, 0.1) is 0 Å². The fourth-order valence-corrected chi connectivity index (χ4v) is 1.69. The molecule has 2 heterocycles. The summed E-state index contributed by atoms with van der Waals surface area (Å²) in [6, 6.07) is 0.0180. The fraction of sp³-hybridized carbons (Fsp3) is 0.556. The Balaban J connectivity index is 1.90. The van der Waals surface area contributed by atoms with Crippen molar-refractivity contribution in [2.45, 2.75) is 13.1 Å². The molecule has 1 saturated heterocycles. The molecule has 0 radical (unpaired) electrons. The normalized spacial score (nSPS) is 15.8. The number of nitrogens with zero attached hydrogens (tertiary/aromatic N) is 3. The Bertz CT molecular complexity index is 348. The highest BCUT2D eigenvalue weighted by atomic mass is 16.2. The van der Waals surface area contributed by atoms with E-state index < -0.39 is 0 Å². The monoisotopic (exact) mass is 209 g/mol. The van der Waals surface area contributed by atoms with Gasteiger partial charge in [-0.2, -0.15) is 0 Å². The van der Waals surface area contributed by atoms with Crippen molar-refractivity contribution in [1.29, 1.82) is 0 Å². The number of aromatic nitrogens is 2. The van der Waals surface area contributed by atoms with E-state index in [1.165, 1.54) is 0 Å². The smallest absolute Gasteiger partial charge is 0.317 e. The Morgan fingerprint density at radius 2 is 2.40 bits per heavy atom. The molecule has 0 unspecified atom stereocenters. The van der Waals surface area contributed by atoms with Gasteiger partial charge in [-0.1, -0.05) is 0 Å². The van der Waals surface area contributed by atoms with Gasteiger partial charge >= 0.3 is 6.03 Å². The molecule has 3 N–H and O–H groups in total. The molecule has 0 bridgehead atoms. The van der Waals surface area contributed by atoms with E-state index in [-0.39, 0.29) is 6.03 Å². The maximum atomic E-state index is 11.3. The maximum Gasteiger partial charge on any atom is 0.317 e. The second kappa shape index (κ2) is 4.31. The van der Waals surface area contributed by atoms with E-state index in [4.69, 9.17) is 5.73 Å². The largest absolute Gasteiger partial charge is 0.336 e. The standard InChI is InChI=1S/C9H15N5O/c10-7-8-11-1-3-13(8)5-6-14-4-2-12-9(14)15/h1,3H,2,4-7,10H2,(H,12,15).